The highest BCUT2D eigenvalue weighted by Crippen LogP contribution is 2.35. The molecule has 1 heterocycles. The van der Waals surface area contributed by atoms with Crippen molar-refractivity contribution in [2.45, 2.75) is 12.8 Å². The van der Waals surface area contributed by atoms with Crippen LogP contribution in [0.5, 0.6) is 5.75 Å². The van der Waals surface area contributed by atoms with E-state index in [0.29, 0.717) is 5.56 Å². The second-order valence-corrected chi connectivity index (χ2v) is 3.45. The summed E-state index contributed by atoms with van der Waals surface area (Å²) in [6, 6.07) is 0. The average molecular weight is 266 g/mol. The van der Waals surface area contributed by atoms with Gasteiger partial charge in [-0.3, -0.25) is 9.78 Å². The number of aromatic nitrogens is 1. The number of pyridine rings is 1. The number of halogens is 3. The first kappa shape index (κ1) is 13.6. The fourth-order valence-corrected chi connectivity index (χ4v) is 1.58. The van der Waals surface area contributed by atoms with E-state index in [1.807, 2.05) is 0 Å². The lowest BCUT2D eigenvalue weighted by Gasteiger charge is -2.11. The van der Waals surface area contributed by atoms with Gasteiger partial charge in [0.15, 0.2) is 0 Å². The second-order valence-electron chi connectivity index (χ2n) is 3.07. The number of ether oxygens (including phenoxy) is 2. The van der Waals surface area contributed by atoms with Gasteiger partial charge in [0, 0.05) is 11.8 Å². The van der Waals surface area contributed by atoms with Crippen LogP contribution in [0, 0.1) is 0 Å². The summed E-state index contributed by atoms with van der Waals surface area (Å²) < 4.78 is 34.4. The SMILES string of the molecule is COC(=O)Cc1cnc(C(F)F)c(Cl)c1OC. The first-order valence-corrected chi connectivity index (χ1v) is 4.95. The van der Waals surface area contributed by atoms with E-state index in [4.69, 9.17) is 16.3 Å². The molecule has 0 aliphatic heterocycles. The molecule has 0 bridgehead atoms. The topological polar surface area (TPSA) is 48.4 Å². The standard InChI is InChI=1S/C10H10ClF2NO3/c1-16-6(15)3-5-4-14-8(10(12)13)7(11)9(5)17-2/h4,10H,3H2,1-2H3. The molecule has 1 rings (SSSR count). The fourth-order valence-electron chi connectivity index (χ4n) is 1.25. The monoisotopic (exact) mass is 265 g/mol. The lowest BCUT2D eigenvalue weighted by atomic mass is 10.1. The third-order valence-corrected chi connectivity index (χ3v) is 2.41. The zero-order chi connectivity index (χ0) is 13.0. The number of rotatable bonds is 4. The summed E-state index contributed by atoms with van der Waals surface area (Å²) in [5, 5.41) is -0.288. The summed E-state index contributed by atoms with van der Waals surface area (Å²) in [6.45, 7) is 0. The zero-order valence-corrected chi connectivity index (χ0v) is 9.92. The maximum Gasteiger partial charge on any atom is 0.310 e. The first-order valence-electron chi connectivity index (χ1n) is 4.57. The Morgan fingerprint density at radius 1 is 1.53 bits per heavy atom. The van der Waals surface area contributed by atoms with Crippen molar-refractivity contribution in [3.05, 3.63) is 22.5 Å². The van der Waals surface area contributed by atoms with Crippen LogP contribution in [0.15, 0.2) is 6.20 Å². The van der Waals surface area contributed by atoms with E-state index in [1.54, 1.807) is 0 Å². The Balaban J connectivity index is 3.16. The van der Waals surface area contributed by atoms with E-state index in [1.165, 1.54) is 14.2 Å². The summed E-state index contributed by atoms with van der Waals surface area (Å²) in [5.74, 6) is -0.520. The van der Waals surface area contributed by atoms with Gasteiger partial charge >= 0.3 is 5.97 Å². The Morgan fingerprint density at radius 3 is 2.65 bits per heavy atom. The minimum absolute atomic E-state index is 0.0161. The summed E-state index contributed by atoms with van der Waals surface area (Å²) in [6.07, 6.45) is -1.82. The second kappa shape index (κ2) is 5.77. The van der Waals surface area contributed by atoms with Crippen molar-refractivity contribution in [2.75, 3.05) is 14.2 Å². The predicted molar refractivity (Wildman–Crippen MR) is 56.5 cm³/mol. The number of nitrogens with zero attached hydrogens (tertiary/aromatic N) is 1. The van der Waals surface area contributed by atoms with Gasteiger partial charge in [0.05, 0.1) is 20.6 Å². The normalized spacial score (nSPS) is 10.5. The van der Waals surface area contributed by atoms with Gasteiger partial charge in [-0.15, -0.1) is 0 Å². The van der Waals surface area contributed by atoms with Gasteiger partial charge in [0.1, 0.15) is 16.5 Å². The van der Waals surface area contributed by atoms with Crippen LogP contribution in [0.25, 0.3) is 0 Å². The van der Waals surface area contributed by atoms with E-state index in [0.717, 1.165) is 6.20 Å². The Labute approximate surface area is 101 Å². The molecular weight excluding hydrogens is 256 g/mol. The molecule has 94 valence electrons. The van der Waals surface area contributed by atoms with E-state index in [9.17, 15) is 13.6 Å². The number of alkyl halides is 2. The molecule has 0 N–H and O–H groups in total. The van der Waals surface area contributed by atoms with Gasteiger partial charge in [-0.05, 0) is 0 Å². The predicted octanol–water partition coefficient (Wildman–Crippen LogP) is 2.40. The number of hydrogen-bond donors (Lipinski definition) is 0. The van der Waals surface area contributed by atoms with Crippen LogP contribution in [0.1, 0.15) is 17.7 Å². The molecule has 0 amide bonds. The number of methoxy groups -OCH3 is 2. The van der Waals surface area contributed by atoms with Gasteiger partial charge in [0.2, 0.25) is 0 Å². The van der Waals surface area contributed by atoms with E-state index in [2.05, 4.69) is 9.72 Å². The lowest BCUT2D eigenvalue weighted by molar-refractivity contribution is -0.139. The quantitative estimate of drug-likeness (QED) is 0.785. The van der Waals surface area contributed by atoms with E-state index < -0.39 is 18.1 Å². The van der Waals surface area contributed by atoms with Crippen LogP contribution < -0.4 is 4.74 Å². The van der Waals surface area contributed by atoms with Crippen LogP contribution in [0.2, 0.25) is 5.02 Å². The third kappa shape index (κ3) is 3.03. The first-order chi connectivity index (χ1) is 8.01. The molecule has 7 heteroatoms. The molecule has 1 aromatic heterocycles. The smallest absolute Gasteiger partial charge is 0.310 e. The minimum Gasteiger partial charge on any atom is -0.495 e. The molecule has 0 saturated heterocycles. The Hall–Kier alpha value is -1.43. The van der Waals surface area contributed by atoms with Gasteiger partial charge in [-0.2, -0.15) is 0 Å². The summed E-state index contributed by atoms with van der Waals surface area (Å²) in [4.78, 5) is 14.6. The number of esters is 1. The van der Waals surface area contributed by atoms with Crippen molar-refractivity contribution >= 4 is 17.6 Å². The van der Waals surface area contributed by atoms with E-state index >= 15 is 0 Å². The van der Waals surface area contributed by atoms with Crippen molar-refractivity contribution in [1.29, 1.82) is 0 Å². The van der Waals surface area contributed by atoms with Crippen molar-refractivity contribution < 1.29 is 23.0 Å². The lowest BCUT2D eigenvalue weighted by Crippen LogP contribution is -2.08. The molecule has 0 radical (unpaired) electrons. The van der Waals surface area contributed by atoms with Gasteiger partial charge in [-0.1, -0.05) is 11.6 Å². The van der Waals surface area contributed by atoms with Gasteiger partial charge in [-0.25, -0.2) is 8.78 Å². The molecule has 17 heavy (non-hydrogen) atoms. The highest BCUT2D eigenvalue weighted by atomic mass is 35.5. The molecule has 0 aliphatic carbocycles. The molecular formula is C10H10ClF2NO3. The molecule has 0 spiro atoms. The molecule has 0 aromatic carbocycles. The molecule has 1 aromatic rings. The Morgan fingerprint density at radius 2 is 2.18 bits per heavy atom. The maximum absolute atomic E-state index is 12.5. The van der Waals surface area contributed by atoms with Crippen molar-refractivity contribution in [3.8, 4) is 5.75 Å². The largest absolute Gasteiger partial charge is 0.495 e. The average Bonchev–Trinajstić information content (AvgIpc) is 2.28. The van der Waals surface area contributed by atoms with Crippen LogP contribution >= 0.6 is 11.6 Å². The highest BCUT2D eigenvalue weighted by molar-refractivity contribution is 6.32. The van der Waals surface area contributed by atoms with E-state index in [-0.39, 0.29) is 17.2 Å². The molecule has 0 atom stereocenters. The summed E-state index contributed by atoms with van der Waals surface area (Å²) in [7, 11) is 2.49. The van der Waals surface area contributed by atoms with Crippen molar-refractivity contribution in [1.82, 2.24) is 4.98 Å². The Bertz CT molecular complexity index is 426. The van der Waals surface area contributed by atoms with Crippen LogP contribution in [0.3, 0.4) is 0 Å². The Kier molecular flexibility index (Phi) is 4.62. The van der Waals surface area contributed by atoms with Crippen molar-refractivity contribution in [2.24, 2.45) is 0 Å². The van der Waals surface area contributed by atoms with Crippen molar-refractivity contribution in [3.63, 3.8) is 0 Å². The number of hydrogen-bond acceptors (Lipinski definition) is 4. The number of carbonyl (C=O) groups excluding carboxylic acids is 1. The third-order valence-electron chi connectivity index (χ3n) is 2.05. The fraction of sp³-hybridized carbons (Fsp3) is 0.400. The van der Waals surface area contributed by atoms with Crippen LogP contribution in [0.4, 0.5) is 8.78 Å². The maximum atomic E-state index is 12.5. The molecule has 0 unspecified atom stereocenters. The molecule has 0 aliphatic rings. The number of carbonyl (C=O) groups is 1. The minimum atomic E-state index is -2.80. The highest BCUT2D eigenvalue weighted by Gasteiger charge is 2.21. The van der Waals surface area contributed by atoms with Gasteiger partial charge in [0.25, 0.3) is 6.43 Å². The van der Waals surface area contributed by atoms with Crippen LogP contribution in [-0.4, -0.2) is 25.2 Å². The summed E-state index contributed by atoms with van der Waals surface area (Å²) >= 11 is 5.72. The zero-order valence-electron chi connectivity index (χ0n) is 9.17. The van der Waals surface area contributed by atoms with Crippen LogP contribution in [-0.2, 0) is 16.0 Å². The molecule has 0 fully saturated rings. The molecule has 0 saturated carbocycles. The van der Waals surface area contributed by atoms with Gasteiger partial charge < -0.3 is 9.47 Å². The summed E-state index contributed by atoms with van der Waals surface area (Å²) in [5.41, 5.74) is -0.272. The molecule has 4 nitrogen and oxygen atoms in total.